The molecule has 1 aliphatic heterocycles. The van der Waals surface area contributed by atoms with Gasteiger partial charge in [-0.25, -0.2) is 13.4 Å². The van der Waals surface area contributed by atoms with Crippen molar-refractivity contribution in [1.29, 1.82) is 0 Å². The fourth-order valence-electron chi connectivity index (χ4n) is 2.53. The molecule has 0 bridgehead atoms. The van der Waals surface area contributed by atoms with Crippen LogP contribution in [0.4, 0.5) is 5.82 Å². The molecule has 0 atom stereocenters. The molecule has 0 saturated carbocycles. The van der Waals surface area contributed by atoms with Crippen LogP contribution in [-0.2, 0) is 15.8 Å². The minimum absolute atomic E-state index is 0.266. The molecule has 0 radical (unpaired) electrons. The van der Waals surface area contributed by atoms with Crippen LogP contribution in [0.25, 0.3) is 0 Å². The monoisotopic (exact) mass is 367 g/mol. The summed E-state index contributed by atoms with van der Waals surface area (Å²) in [7, 11) is -3.38. The van der Waals surface area contributed by atoms with E-state index < -0.39 is 10.0 Å². The number of hydrogen-bond acceptors (Lipinski definition) is 6. The van der Waals surface area contributed by atoms with Gasteiger partial charge in [-0.3, -0.25) is 0 Å². The van der Waals surface area contributed by atoms with Gasteiger partial charge in [-0.15, -0.1) is 0 Å². The van der Waals surface area contributed by atoms with E-state index in [1.54, 1.807) is 30.2 Å². The highest BCUT2D eigenvalue weighted by Crippen LogP contribution is 2.21. The van der Waals surface area contributed by atoms with E-state index in [1.807, 2.05) is 12.1 Å². The van der Waals surface area contributed by atoms with Crippen LogP contribution in [0.1, 0.15) is 18.6 Å². The Hall–Kier alpha value is -1.51. The van der Waals surface area contributed by atoms with Crippen LogP contribution in [0.2, 0.25) is 0 Å². The molecule has 1 saturated heterocycles. The fraction of sp³-hybridized carbons (Fsp3) is 0.438. The normalized spacial score (nSPS) is 15.7. The molecule has 24 heavy (non-hydrogen) atoms. The standard InChI is InChI=1S/C16H21N3O3S2/c20-24(21,19-8-1-2-9-19)15-5-6-16(18-12-15)17-7-11-23-13-14-4-3-10-22-14/h3-6,10,12H,1-2,7-9,11,13H2,(H,17,18). The molecule has 8 heteroatoms. The molecule has 3 rings (SSSR count). The van der Waals surface area contributed by atoms with Crippen molar-refractivity contribution < 1.29 is 12.8 Å². The Morgan fingerprint density at radius 3 is 2.75 bits per heavy atom. The summed E-state index contributed by atoms with van der Waals surface area (Å²) in [5.41, 5.74) is 0. The first-order valence-electron chi connectivity index (χ1n) is 7.96. The highest BCUT2D eigenvalue weighted by molar-refractivity contribution is 7.98. The zero-order valence-corrected chi connectivity index (χ0v) is 15.0. The predicted octanol–water partition coefficient (Wildman–Crippen LogP) is 2.80. The maximum atomic E-state index is 12.4. The number of thioether (sulfide) groups is 1. The van der Waals surface area contributed by atoms with Gasteiger partial charge in [0, 0.05) is 31.6 Å². The van der Waals surface area contributed by atoms with Crippen LogP contribution >= 0.6 is 11.8 Å². The van der Waals surface area contributed by atoms with Crippen LogP contribution in [0.5, 0.6) is 0 Å². The molecule has 2 aromatic heterocycles. The number of hydrogen-bond donors (Lipinski definition) is 1. The van der Waals surface area contributed by atoms with E-state index in [0.717, 1.165) is 36.7 Å². The molecular formula is C16H21N3O3S2. The Balaban J connectivity index is 1.46. The van der Waals surface area contributed by atoms with Crippen LogP contribution in [0.15, 0.2) is 46.0 Å². The maximum absolute atomic E-state index is 12.4. The molecule has 0 aromatic carbocycles. The summed E-state index contributed by atoms with van der Waals surface area (Å²) in [6, 6.07) is 7.19. The number of anilines is 1. The van der Waals surface area contributed by atoms with Gasteiger partial charge in [0.15, 0.2) is 0 Å². The minimum Gasteiger partial charge on any atom is -0.468 e. The number of nitrogens with one attached hydrogen (secondary N) is 1. The Labute approximate surface area is 146 Å². The number of rotatable bonds is 8. The van der Waals surface area contributed by atoms with Gasteiger partial charge in [0.05, 0.1) is 12.0 Å². The van der Waals surface area contributed by atoms with E-state index in [0.29, 0.717) is 18.9 Å². The smallest absolute Gasteiger partial charge is 0.244 e. The summed E-state index contributed by atoms with van der Waals surface area (Å²) in [4.78, 5) is 4.49. The summed E-state index contributed by atoms with van der Waals surface area (Å²) in [6.45, 7) is 1.97. The second-order valence-electron chi connectivity index (χ2n) is 5.55. The average Bonchev–Trinajstić information content (AvgIpc) is 3.29. The first-order chi connectivity index (χ1) is 11.7. The van der Waals surface area contributed by atoms with Gasteiger partial charge >= 0.3 is 0 Å². The SMILES string of the molecule is O=S(=O)(c1ccc(NCCSCc2ccco2)nc1)N1CCCC1. The van der Waals surface area contributed by atoms with E-state index in [2.05, 4.69) is 10.3 Å². The van der Waals surface area contributed by atoms with Gasteiger partial charge in [-0.05, 0) is 37.1 Å². The lowest BCUT2D eigenvalue weighted by atomic mass is 10.4. The van der Waals surface area contributed by atoms with Crippen LogP contribution in [0, 0.1) is 0 Å². The lowest BCUT2D eigenvalue weighted by Crippen LogP contribution is -2.27. The van der Waals surface area contributed by atoms with Crippen molar-refractivity contribution in [3.05, 3.63) is 42.5 Å². The average molecular weight is 367 g/mol. The molecule has 1 N–H and O–H groups in total. The molecule has 3 heterocycles. The van der Waals surface area contributed by atoms with Crippen molar-refractivity contribution in [3.63, 3.8) is 0 Å². The maximum Gasteiger partial charge on any atom is 0.244 e. The highest BCUT2D eigenvalue weighted by Gasteiger charge is 2.27. The van der Waals surface area contributed by atoms with Crippen molar-refractivity contribution in [3.8, 4) is 0 Å². The van der Waals surface area contributed by atoms with E-state index in [9.17, 15) is 8.42 Å². The van der Waals surface area contributed by atoms with E-state index in [-0.39, 0.29) is 4.90 Å². The van der Waals surface area contributed by atoms with Gasteiger partial charge in [0.25, 0.3) is 0 Å². The van der Waals surface area contributed by atoms with Crippen molar-refractivity contribution in [2.75, 3.05) is 30.7 Å². The van der Waals surface area contributed by atoms with Gasteiger partial charge in [-0.2, -0.15) is 16.1 Å². The van der Waals surface area contributed by atoms with Crippen molar-refractivity contribution in [2.45, 2.75) is 23.5 Å². The number of sulfonamides is 1. The van der Waals surface area contributed by atoms with Gasteiger partial charge in [0.1, 0.15) is 16.5 Å². The molecule has 1 fully saturated rings. The van der Waals surface area contributed by atoms with Crippen molar-refractivity contribution in [2.24, 2.45) is 0 Å². The first-order valence-corrected chi connectivity index (χ1v) is 10.6. The summed E-state index contributed by atoms with van der Waals surface area (Å²) in [5, 5.41) is 3.20. The zero-order valence-electron chi connectivity index (χ0n) is 13.3. The second kappa shape index (κ2) is 8.04. The van der Waals surface area contributed by atoms with E-state index in [1.165, 1.54) is 10.5 Å². The minimum atomic E-state index is -3.38. The number of nitrogens with zero attached hydrogens (tertiary/aromatic N) is 2. The molecule has 0 spiro atoms. The molecule has 0 amide bonds. The summed E-state index contributed by atoms with van der Waals surface area (Å²) < 4.78 is 31.6. The summed E-state index contributed by atoms with van der Waals surface area (Å²) in [5.74, 6) is 3.41. The Morgan fingerprint density at radius 1 is 1.25 bits per heavy atom. The third-order valence-corrected chi connectivity index (χ3v) is 6.68. The van der Waals surface area contributed by atoms with Gasteiger partial charge < -0.3 is 9.73 Å². The van der Waals surface area contributed by atoms with E-state index >= 15 is 0 Å². The molecule has 6 nitrogen and oxygen atoms in total. The Kier molecular flexibility index (Phi) is 5.80. The topological polar surface area (TPSA) is 75.4 Å². The van der Waals surface area contributed by atoms with Crippen LogP contribution in [0.3, 0.4) is 0 Å². The molecule has 0 unspecified atom stereocenters. The molecule has 1 aliphatic rings. The molecule has 0 aliphatic carbocycles. The Morgan fingerprint density at radius 2 is 2.08 bits per heavy atom. The molecular weight excluding hydrogens is 346 g/mol. The third kappa shape index (κ3) is 4.31. The van der Waals surface area contributed by atoms with Crippen molar-refractivity contribution in [1.82, 2.24) is 9.29 Å². The van der Waals surface area contributed by atoms with Gasteiger partial charge in [-0.1, -0.05) is 0 Å². The van der Waals surface area contributed by atoms with Gasteiger partial charge in [0.2, 0.25) is 10.0 Å². The number of aromatic nitrogens is 1. The van der Waals surface area contributed by atoms with Crippen LogP contribution < -0.4 is 5.32 Å². The quantitative estimate of drug-likeness (QED) is 0.723. The lowest BCUT2D eigenvalue weighted by Gasteiger charge is -2.15. The highest BCUT2D eigenvalue weighted by atomic mass is 32.2. The summed E-state index contributed by atoms with van der Waals surface area (Å²) in [6.07, 6.45) is 4.98. The summed E-state index contributed by atoms with van der Waals surface area (Å²) >= 11 is 1.77. The predicted molar refractivity (Wildman–Crippen MR) is 95.6 cm³/mol. The fourth-order valence-corrected chi connectivity index (χ4v) is 4.75. The lowest BCUT2D eigenvalue weighted by molar-refractivity contribution is 0.477. The molecule has 2 aromatic rings. The number of pyridine rings is 1. The first kappa shape index (κ1) is 17.3. The van der Waals surface area contributed by atoms with Crippen LogP contribution in [-0.4, -0.2) is 43.1 Å². The third-order valence-electron chi connectivity index (χ3n) is 3.82. The Bertz CT molecular complexity index is 724. The number of furan rings is 1. The zero-order chi connectivity index (χ0) is 16.8. The second-order valence-corrected chi connectivity index (χ2v) is 8.59. The molecule has 130 valence electrons. The van der Waals surface area contributed by atoms with E-state index in [4.69, 9.17) is 4.42 Å². The van der Waals surface area contributed by atoms with Crippen molar-refractivity contribution >= 4 is 27.6 Å². The largest absolute Gasteiger partial charge is 0.468 e.